The zero-order chi connectivity index (χ0) is 17.7. The highest BCUT2D eigenvalue weighted by atomic mass is 35.5. The molecule has 25 heavy (non-hydrogen) atoms. The van der Waals surface area contributed by atoms with Crippen LogP contribution in [0.4, 0.5) is 5.69 Å². The first-order valence-electron chi connectivity index (χ1n) is 7.68. The van der Waals surface area contributed by atoms with Crippen LogP contribution in [-0.2, 0) is 17.1 Å². The quantitative estimate of drug-likeness (QED) is 0.788. The summed E-state index contributed by atoms with van der Waals surface area (Å²) in [6.07, 6.45) is 2.00. The molecule has 0 aliphatic carbocycles. The molecule has 7 nitrogen and oxygen atoms in total. The number of nitrogens with two attached hydrogens (primary N) is 1. The standard InChI is InChI=1S/C16H22N4O3S.ClH/c1-10-18-15(9-20(10)4)24(21,22)19-13-8-16(2,3)23-14-6-5-11(17)7-12(13)14;/h5-7,9,13,19H,8,17H2,1-4H3;1H. The summed E-state index contributed by atoms with van der Waals surface area (Å²) >= 11 is 0. The summed E-state index contributed by atoms with van der Waals surface area (Å²) in [6.45, 7) is 5.61. The summed E-state index contributed by atoms with van der Waals surface area (Å²) in [4.78, 5) is 4.11. The SMILES string of the molecule is Cc1nc(S(=O)(=O)NC2CC(C)(C)Oc3ccc(N)cc32)cn1C.Cl. The Labute approximate surface area is 154 Å². The van der Waals surface area contributed by atoms with Crippen LogP contribution in [0.5, 0.6) is 5.75 Å². The topological polar surface area (TPSA) is 99.2 Å². The maximum Gasteiger partial charge on any atom is 0.260 e. The second-order valence-corrected chi connectivity index (χ2v) is 8.44. The third-order valence-corrected chi connectivity index (χ3v) is 5.49. The van der Waals surface area contributed by atoms with E-state index in [2.05, 4.69) is 9.71 Å². The Morgan fingerprint density at radius 2 is 2.08 bits per heavy atom. The maximum atomic E-state index is 12.7. The number of fused-ring (bicyclic) bond motifs is 1. The summed E-state index contributed by atoms with van der Waals surface area (Å²) in [6, 6.07) is 4.84. The van der Waals surface area contributed by atoms with Gasteiger partial charge >= 0.3 is 0 Å². The van der Waals surface area contributed by atoms with Gasteiger partial charge in [-0.15, -0.1) is 12.4 Å². The van der Waals surface area contributed by atoms with E-state index in [1.54, 1.807) is 36.7 Å². The van der Waals surface area contributed by atoms with Gasteiger partial charge in [-0.2, -0.15) is 0 Å². The molecule has 1 aromatic heterocycles. The third kappa shape index (κ3) is 3.91. The fourth-order valence-electron chi connectivity index (χ4n) is 2.88. The van der Waals surface area contributed by atoms with Gasteiger partial charge in [0.2, 0.25) is 0 Å². The molecule has 0 radical (unpaired) electrons. The predicted molar refractivity (Wildman–Crippen MR) is 98.4 cm³/mol. The van der Waals surface area contributed by atoms with Crippen molar-refractivity contribution in [1.82, 2.24) is 14.3 Å². The normalized spacial score (nSPS) is 18.8. The fourth-order valence-corrected chi connectivity index (χ4v) is 4.14. The van der Waals surface area contributed by atoms with E-state index < -0.39 is 21.7 Å². The van der Waals surface area contributed by atoms with Crippen molar-refractivity contribution in [2.24, 2.45) is 7.05 Å². The molecule has 1 aliphatic rings. The minimum atomic E-state index is -3.75. The molecule has 0 spiro atoms. The molecule has 2 heterocycles. The molecule has 3 rings (SSSR count). The molecule has 0 bridgehead atoms. The van der Waals surface area contributed by atoms with Gasteiger partial charge in [-0.05, 0) is 39.0 Å². The molecule has 138 valence electrons. The summed E-state index contributed by atoms with van der Waals surface area (Å²) in [7, 11) is -1.99. The Bertz CT molecular complexity index is 873. The number of rotatable bonds is 3. The first-order chi connectivity index (χ1) is 11.1. The summed E-state index contributed by atoms with van der Waals surface area (Å²) in [5.74, 6) is 1.28. The molecule has 9 heteroatoms. The molecule has 0 amide bonds. The van der Waals surface area contributed by atoms with Crippen LogP contribution < -0.4 is 15.2 Å². The van der Waals surface area contributed by atoms with Crippen molar-refractivity contribution in [2.75, 3.05) is 5.73 Å². The average Bonchev–Trinajstić information content (AvgIpc) is 2.79. The van der Waals surface area contributed by atoms with Gasteiger partial charge in [-0.25, -0.2) is 18.1 Å². The highest BCUT2D eigenvalue weighted by Crippen LogP contribution is 2.40. The smallest absolute Gasteiger partial charge is 0.260 e. The Kier molecular flexibility index (Phi) is 5.09. The zero-order valence-corrected chi connectivity index (χ0v) is 16.2. The van der Waals surface area contributed by atoms with Crippen LogP contribution in [0, 0.1) is 6.92 Å². The van der Waals surface area contributed by atoms with Crippen molar-refractivity contribution in [3.8, 4) is 5.75 Å². The van der Waals surface area contributed by atoms with Crippen LogP contribution in [0.1, 0.15) is 37.7 Å². The first-order valence-corrected chi connectivity index (χ1v) is 9.16. The van der Waals surface area contributed by atoms with E-state index in [0.29, 0.717) is 23.7 Å². The minimum absolute atomic E-state index is 0. The lowest BCUT2D eigenvalue weighted by Crippen LogP contribution is -2.41. The number of hydrogen-bond donors (Lipinski definition) is 2. The van der Waals surface area contributed by atoms with Crippen LogP contribution in [0.3, 0.4) is 0 Å². The van der Waals surface area contributed by atoms with E-state index in [4.69, 9.17) is 10.5 Å². The summed E-state index contributed by atoms with van der Waals surface area (Å²) in [5, 5.41) is 0.0113. The van der Waals surface area contributed by atoms with E-state index >= 15 is 0 Å². The molecule has 1 unspecified atom stereocenters. The average molecular weight is 387 g/mol. The van der Waals surface area contributed by atoms with Gasteiger partial charge in [0.25, 0.3) is 10.0 Å². The molecule has 0 saturated heterocycles. The third-order valence-electron chi connectivity index (χ3n) is 4.15. The van der Waals surface area contributed by atoms with Gasteiger partial charge in [0.1, 0.15) is 17.2 Å². The molecule has 0 saturated carbocycles. The molecule has 1 aromatic carbocycles. The molecule has 1 atom stereocenters. The first kappa shape index (κ1) is 19.6. The summed E-state index contributed by atoms with van der Waals surface area (Å²) < 4.78 is 35.8. The lowest BCUT2D eigenvalue weighted by atomic mass is 9.90. The molecule has 3 N–H and O–H groups in total. The van der Waals surface area contributed by atoms with Crippen molar-refractivity contribution in [3.05, 3.63) is 35.8 Å². The van der Waals surface area contributed by atoms with Gasteiger partial charge in [0, 0.05) is 30.9 Å². The van der Waals surface area contributed by atoms with Crippen LogP contribution in [0.2, 0.25) is 0 Å². The molecule has 0 fully saturated rings. The van der Waals surface area contributed by atoms with Crippen molar-refractivity contribution < 1.29 is 13.2 Å². The predicted octanol–water partition coefficient (Wildman–Crippen LogP) is 2.31. The van der Waals surface area contributed by atoms with Gasteiger partial charge in [0.05, 0.1) is 6.04 Å². The Balaban J connectivity index is 0.00000225. The molecular weight excluding hydrogens is 364 g/mol. The van der Waals surface area contributed by atoms with Crippen molar-refractivity contribution >= 4 is 28.1 Å². The van der Waals surface area contributed by atoms with Crippen LogP contribution >= 0.6 is 12.4 Å². The number of nitrogen functional groups attached to an aromatic ring is 1. The zero-order valence-electron chi connectivity index (χ0n) is 14.6. The van der Waals surface area contributed by atoms with E-state index in [1.807, 2.05) is 13.8 Å². The van der Waals surface area contributed by atoms with Gasteiger partial charge in [-0.1, -0.05) is 0 Å². The van der Waals surface area contributed by atoms with Crippen molar-refractivity contribution in [2.45, 2.75) is 43.9 Å². The van der Waals surface area contributed by atoms with Gasteiger partial charge in [-0.3, -0.25) is 0 Å². The lowest BCUT2D eigenvalue weighted by Gasteiger charge is -2.37. The van der Waals surface area contributed by atoms with Gasteiger partial charge < -0.3 is 15.0 Å². The van der Waals surface area contributed by atoms with E-state index in [9.17, 15) is 8.42 Å². The van der Waals surface area contributed by atoms with E-state index in [1.165, 1.54) is 6.20 Å². The van der Waals surface area contributed by atoms with E-state index in [0.717, 1.165) is 5.56 Å². The minimum Gasteiger partial charge on any atom is -0.487 e. The van der Waals surface area contributed by atoms with Crippen LogP contribution in [0.15, 0.2) is 29.4 Å². The fraction of sp³-hybridized carbons (Fsp3) is 0.438. The largest absolute Gasteiger partial charge is 0.487 e. The number of imidazole rings is 1. The highest BCUT2D eigenvalue weighted by Gasteiger charge is 2.36. The Morgan fingerprint density at radius 1 is 1.40 bits per heavy atom. The molecule has 1 aliphatic heterocycles. The van der Waals surface area contributed by atoms with Gasteiger partial charge in [0.15, 0.2) is 5.03 Å². The number of aryl methyl sites for hydroxylation is 2. The van der Waals surface area contributed by atoms with Crippen LogP contribution in [-0.4, -0.2) is 23.6 Å². The number of aromatic nitrogens is 2. The summed E-state index contributed by atoms with van der Waals surface area (Å²) in [5.41, 5.74) is 6.68. The number of ether oxygens (including phenoxy) is 1. The number of halogens is 1. The molecular formula is C16H23ClN4O3S. The monoisotopic (exact) mass is 386 g/mol. The maximum absolute atomic E-state index is 12.7. The van der Waals surface area contributed by atoms with Crippen molar-refractivity contribution in [3.63, 3.8) is 0 Å². The number of nitrogens with zero attached hydrogens (tertiary/aromatic N) is 2. The van der Waals surface area contributed by atoms with Crippen LogP contribution in [0.25, 0.3) is 0 Å². The van der Waals surface area contributed by atoms with Crippen molar-refractivity contribution in [1.29, 1.82) is 0 Å². The lowest BCUT2D eigenvalue weighted by molar-refractivity contribution is 0.0702. The second kappa shape index (κ2) is 6.51. The number of hydrogen-bond acceptors (Lipinski definition) is 5. The number of sulfonamides is 1. The number of anilines is 1. The number of benzene rings is 1. The van der Waals surface area contributed by atoms with E-state index in [-0.39, 0.29) is 17.4 Å². The second-order valence-electron chi connectivity index (χ2n) is 6.77. The molecule has 2 aromatic rings. The Hall–Kier alpha value is -1.77. The highest BCUT2D eigenvalue weighted by molar-refractivity contribution is 7.89. The number of nitrogens with one attached hydrogen (secondary N) is 1. The Morgan fingerprint density at radius 3 is 2.68 bits per heavy atom.